The molecule has 0 aliphatic heterocycles. The largest absolute Gasteiger partial charge is 0.386 e. The third kappa shape index (κ3) is 2.61. The molecule has 1 aliphatic rings. The first-order valence-electron chi connectivity index (χ1n) is 3.98. The quantitative estimate of drug-likeness (QED) is 0.450. The van der Waals surface area contributed by atoms with Gasteiger partial charge in [-0.3, -0.25) is 5.41 Å². The Morgan fingerprint density at radius 1 is 1.50 bits per heavy atom. The summed E-state index contributed by atoms with van der Waals surface area (Å²) in [5.41, 5.74) is 5.10. The number of halogens is 2. The molecule has 0 saturated heterocycles. The highest BCUT2D eigenvalue weighted by Crippen LogP contribution is 2.33. The number of hydrogen-bond acceptors (Lipinski definition) is 3. The summed E-state index contributed by atoms with van der Waals surface area (Å²) < 4.78 is 47.2. The molecule has 5 nitrogen and oxygen atoms in total. The van der Waals surface area contributed by atoms with Crippen LogP contribution >= 0.6 is 0 Å². The van der Waals surface area contributed by atoms with Gasteiger partial charge >= 0.3 is 5.76 Å². The van der Waals surface area contributed by atoms with Crippen molar-refractivity contribution in [3.05, 3.63) is 0 Å². The molecule has 14 heavy (non-hydrogen) atoms. The molecular weight excluding hydrogens is 216 g/mol. The van der Waals surface area contributed by atoms with Crippen molar-refractivity contribution >= 4 is 15.9 Å². The minimum atomic E-state index is -4.65. The van der Waals surface area contributed by atoms with Crippen molar-refractivity contribution in [1.29, 1.82) is 5.41 Å². The van der Waals surface area contributed by atoms with E-state index in [1.54, 1.807) is 4.72 Å². The molecule has 0 spiro atoms. The van der Waals surface area contributed by atoms with Crippen LogP contribution in [0.3, 0.4) is 0 Å². The van der Waals surface area contributed by atoms with E-state index >= 15 is 0 Å². The average Bonchev–Trinajstić information content (AvgIpc) is 2.81. The third-order valence-electron chi connectivity index (χ3n) is 1.95. The van der Waals surface area contributed by atoms with Crippen molar-refractivity contribution in [2.45, 2.75) is 24.6 Å². The van der Waals surface area contributed by atoms with Crippen molar-refractivity contribution in [3.63, 3.8) is 0 Å². The van der Waals surface area contributed by atoms with Crippen LogP contribution in [0.15, 0.2) is 0 Å². The van der Waals surface area contributed by atoms with Crippen molar-refractivity contribution in [2.24, 2.45) is 11.7 Å². The fourth-order valence-electron chi connectivity index (χ4n) is 1.07. The topological polar surface area (TPSA) is 96.0 Å². The van der Waals surface area contributed by atoms with Crippen LogP contribution in [0, 0.1) is 11.3 Å². The van der Waals surface area contributed by atoms with Gasteiger partial charge in [0.15, 0.2) is 0 Å². The molecule has 0 aromatic heterocycles. The normalized spacial score (nSPS) is 19.6. The maximum absolute atomic E-state index is 12.0. The molecule has 1 rings (SSSR count). The Hall–Kier alpha value is -0.760. The highest BCUT2D eigenvalue weighted by Gasteiger charge is 2.38. The number of alkyl halides is 2. The molecule has 4 N–H and O–H groups in total. The van der Waals surface area contributed by atoms with Crippen molar-refractivity contribution in [3.8, 4) is 0 Å². The average molecular weight is 227 g/mol. The molecular formula is C6H11F2N3O2S. The molecule has 1 unspecified atom stereocenters. The van der Waals surface area contributed by atoms with Gasteiger partial charge in [-0.25, -0.2) is 8.42 Å². The summed E-state index contributed by atoms with van der Waals surface area (Å²) in [5.74, 6) is -4.01. The highest BCUT2D eigenvalue weighted by molar-refractivity contribution is 7.89. The number of sulfonamides is 1. The maximum Gasteiger partial charge on any atom is 0.350 e. The summed E-state index contributed by atoms with van der Waals surface area (Å²) in [4.78, 5) is 0. The smallest absolute Gasteiger partial charge is 0.350 e. The second-order valence-electron chi connectivity index (χ2n) is 3.19. The molecule has 8 heteroatoms. The van der Waals surface area contributed by atoms with Gasteiger partial charge in [0.25, 0.3) is 10.0 Å². The molecule has 1 fully saturated rings. The van der Waals surface area contributed by atoms with Gasteiger partial charge in [0, 0.05) is 0 Å². The summed E-state index contributed by atoms with van der Waals surface area (Å²) in [6, 6.07) is -0.978. The first-order chi connectivity index (χ1) is 6.34. The van der Waals surface area contributed by atoms with E-state index in [1.807, 2.05) is 0 Å². The standard InChI is InChI=1S/C6H11F2N3O2S/c7-6(8)14(12,13)11-4(5(9)10)3-1-2-3/h3-4,6,11H,1-2H2,(H3,9,10). The van der Waals surface area contributed by atoms with Gasteiger partial charge in [-0.15, -0.1) is 0 Å². The Morgan fingerprint density at radius 2 is 2.00 bits per heavy atom. The van der Waals surface area contributed by atoms with Crippen LogP contribution in [0.1, 0.15) is 12.8 Å². The summed E-state index contributed by atoms with van der Waals surface area (Å²) >= 11 is 0. The van der Waals surface area contributed by atoms with E-state index in [4.69, 9.17) is 11.1 Å². The van der Waals surface area contributed by atoms with Gasteiger partial charge in [0.1, 0.15) is 5.84 Å². The minimum absolute atomic E-state index is 0.110. The lowest BCUT2D eigenvalue weighted by atomic mass is 10.2. The van der Waals surface area contributed by atoms with Gasteiger partial charge < -0.3 is 5.73 Å². The number of nitrogens with one attached hydrogen (secondary N) is 2. The van der Waals surface area contributed by atoms with Gasteiger partial charge in [-0.2, -0.15) is 13.5 Å². The second-order valence-corrected chi connectivity index (χ2v) is 4.88. The maximum atomic E-state index is 12.0. The molecule has 0 aromatic rings. The van der Waals surface area contributed by atoms with Crippen LogP contribution in [-0.2, 0) is 10.0 Å². The first kappa shape index (κ1) is 11.3. The van der Waals surface area contributed by atoms with Gasteiger partial charge in [-0.1, -0.05) is 0 Å². The fourth-order valence-corrected chi connectivity index (χ4v) is 1.85. The molecule has 82 valence electrons. The highest BCUT2D eigenvalue weighted by atomic mass is 32.2. The summed E-state index contributed by atoms with van der Waals surface area (Å²) in [6.45, 7) is 0. The Labute approximate surface area is 80.2 Å². The number of nitrogens with two attached hydrogens (primary N) is 1. The second kappa shape index (κ2) is 3.77. The number of hydrogen-bond donors (Lipinski definition) is 3. The number of amidine groups is 1. The Kier molecular flexibility index (Phi) is 3.05. The summed E-state index contributed by atoms with van der Waals surface area (Å²) in [6.07, 6.45) is 1.41. The van der Waals surface area contributed by atoms with E-state index in [9.17, 15) is 17.2 Å². The van der Waals surface area contributed by atoms with Crippen LogP contribution < -0.4 is 10.5 Å². The van der Waals surface area contributed by atoms with Crippen molar-refractivity contribution < 1.29 is 17.2 Å². The summed E-state index contributed by atoms with van der Waals surface area (Å²) in [7, 11) is -4.65. The van der Waals surface area contributed by atoms with Crippen LogP contribution in [-0.4, -0.2) is 26.1 Å². The molecule has 1 atom stereocenters. The predicted molar refractivity (Wildman–Crippen MR) is 46.5 cm³/mol. The zero-order chi connectivity index (χ0) is 10.9. The summed E-state index contributed by atoms with van der Waals surface area (Å²) in [5, 5.41) is 7.05. The van der Waals surface area contributed by atoms with Crippen molar-refractivity contribution in [2.75, 3.05) is 0 Å². The third-order valence-corrected chi connectivity index (χ3v) is 3.01. The van der Waals surface area contributed by atoms with Crippen molar-refractivity contribution in [1.82, 2.24) is 4.72 Å². The SMILES string of the molecule is N=C(N)C(NS(=O)(=O)C(F)F)C1CC1. The zero-order valence-electron chi connectivity index (χ0n) is 7.20. The lowest BCUT2D eigenvalue weighted by Gasteiger charge is -2.15. The van der Waals surface area contributed by atoms with E-state index in [2.05, 4.69) is 0 Å². The van der Waals surface area contributed by atoms with E-state index < -0.39 is 27.7 Å². The zero-order valence-corrected chi connectivity index (χ0v) is 8.02. The molecule has 1 aliphatic carbocycles. The van der Waals surface area contributed by atoms with E-state index in [0.717, 1.165) is 0 Å². The van der Waals surface area contributed by atoms with Gasteiger partial charge in [0.2, 0.25) is 0 Å². The molecule has 0 amide bonds. The first-order valence-corrected chi connectivity index (χ1v) is 5.52. The molecule has 0 heterocycles. The van der Waals surface area contributed by atoms with Crippen LogP contribution in [0.4, 0.5) is 8.78 Å². The van der Waals surface area contributed by atoms with Gasteiger partial charge in [0.05, 0.1) is 6.04 Å². The lowest BCUT2D eigenvalue weighted by molar-refractivity contribution is 0.231. The molecule has 0 bridgehead atoms. The molecule has 0 aromatic carbocycles. The lowest BCUT2D eigenvalue weighted by Crippen LogP contribution is -2.47. The van der Waals surface area contributed by atoms with Gasteiger partial charge in [-0.05, 0) is 18.8 Å². The Morgan fingerprint density at radius 3 is 2.29 bits per heavy atom. The monoisotopic (exact) mass is 227 g/mol. The number of rotatable bonds is 5. The van der Waals surface area contributed by atoms with Crippen LogP contribution in [0.25, 0.3) is 0 Å². The Balaban J connectivity index is 2.69. The molecule has 0 radical (unpaired) electrons. The fraction of sp³-hybridized carbons (Fsp3) is 0.833. The van der Waals surface area contributed by atoms with E-state index in [1.165, 1.54) is 0 Å². The van der Waals surface area contributed by atoms with Crippen LogP contribution in [0.5, 0.6) is 0 Å². The molecule has 1 saturated carbocycles. The van der Waals surface area contributed by atoms with E-state index in [0.29, 0.717) is 12.8 Å². The predicted octanol–water partition coefficient (Wildman–Crippen LogP) is -0.157. The minimum Gasteiger partial charge on any atom is -0.386 e. The van der Waals surface area contributed by atoms with Crippen LogP contribution in [0.2, 0.25) is 0 Å². The Bertz CT molecular complexity index is 326. The van der Waals surface area contributed by atoms with E-state index in [-0.39, 0.29) is 5.92 Å².